The topological polar surface area (TPSA) is 80.1 Å². The van der Waals surface area contributed by atoms with Crippen LogP contribution in [-0.2, 0) is 5.54 Å². The summed E-state index contributed by atoms with van der Waals surface area (Å²) >= 11 is 1.31. The first-order chi connectivity index (χ1) is 14.3. The van der Waals surface area contributed by atoms with Crippen LogP contribution in [0.25, 0.3) is 10.3 Å². The molecule has 1 fully saturated rings. The van der Waals surface area contributed by atoms with Gasteiger partial charge in [-0.15, -0.1) is 0 Å². The van der Waals surface area contributed by atoms with Gasteiger partial charge in [0.2, 0.25) is 0 Å². The molecule has 1 aromatic carbocycles. The van der Waals surface area contributed by atoms with Crippen LogP contribution in [0.4, 0.5) is 5.13 Å². The van der Waals surface area contributed by atoms with E-state index in [9.17, 15) is 9.59 Å². The molecular formula is C22H27N5O2S. The van der Waals surface area contributed by atoms with Gasteiger partial charge in [-0.3, -0.25) is 14.9 Å². The maximum atomic E-state index is 13.3. The Hall–Kier alpha value is -2.74. The molecule has 8 heteroatoms. The Morgan fingerprint density at radius 3 is 2.33 bits per heavy atom. The van der Waals surface area contributed by atoms with Crippen molar-refractivity contribution in [3.05, 3.63) is 41.6 Å². The summed E-state index contributed by atoms with van der Waals surface area (Å²) in [6, 6.07) is 9.03. The van der Waals surface area contributed by atoms with Gasteiger partial charge in [0.1, 0.15) is 4.70 Å². The number of rotatable bonds is 3. The number of hydrogen-bond acceptors (Lipinski definition) is 5. The van der Waals surface area contributed by atoms with E-state index in [0.29, 0.717) is 22.0 Å². The van der Waals surface area contributed by atoms with Crippen LogP contribution in [0.3, 0.4) is 0 Å². The number of nitrogens with one attached hydrogen (secondary N) is 1. The molecule has 7 nitrogen and oxygen atoms in total. The van der Waals surface area contributed by atoms with Crippen molar-refractivity contribution in [3.8, 4) is 0 Å². The molecule has 1 aliphatic heterocycles. The van der Waals surface area contributed by atoms with Gasteiger partial charge in [-0.1, -0.05) is 42.4 Å². The van der Waals surface area contributed by atoms with Gasteiger partial charge in [-0.2, -0.15) is 10.1 Å². The molecule has 4 rings (SSSR count). The van der Waals surface area contributed by atoms with Crippen LogP contribution in [0.15, 0.2) is 30.3 Å². The Bertz CT molecular complexity index is 1060. The number of thiazole rings is 1. The van der Waals surface area contributed by atoms with E-state index in [2.05, 4.69) is 15.4 Å². The molecule has 2 aromatic heterocycles. The Balaban J connectivity index is 1.70. The minimum Gasteiger partial charge on any atom is -0.337 e. The second kappa shape index (κ2) is 8.18. The van der Waals surface area contributed by atoms with Crippen molar-refractivity contribution in [2.45, 2.75) is 52.0 Å². The van der Waals surface area contributed by atoms with Gasteiger partial charge in [0.15, 0.2) is 16.5 Å². The van der Waals surface area contributed by atoms with Gasteiger partial charge in [-0.05, 0) is 45.7 Å². The molecule has 3 aromatic rings. The number of anilines is 1. The fraction of sp³-hybridized carbons (Fsp3) is 0.455. The molecule has 1 N–H and O–H groups in total. The highest BCUT2D eigenvalue weighted by Gasteiger charge is 2.29. The lowest BCUT2D eigenvalue weighted by Gasteiger charge is -2.20. The third kappa shape index (κ3) is 4.09. The van der Waals surface area contributed by atoms with E-state index in [1.54, 1.807) is 16.8 Å². The van der Waals surface area contributed by atoms with Gasteiger partial charge in [0.25, 0.3) is 11.8 Å². The number of hydrogen-bond donors (Lipinski definition) is 1. The number of likely N-dealkylation sites (tertiary alicyclic amines) is 1. The number of nitrogens with zero attached hydrogens (tertiary/aromatic N) is 4. The number of carbonyl (C=O) groups is 2. The van der Waals surface area contributed by atoms with Crippen molar-refractivity contribution in [1.82, 2.24) is 19.7 Å². The van der Waals surface area contributed by atoms with Crippen molar-refractivity contribution >= 4 is 38.6 Å². The monoisotopic (exact) mass is 425 g/mol. The van der Waals surface area contributed by atoms with E-state index in [1.807, 2.05) is 43.9 Å². The highest BCUT2D eigenvalue weighted by Crippen LogP contribution is 2.33. The molecule has 0 bridgehead atoms. The average Bonchev–Trinajstić information content (AvgIpc) is 3.14. The van der Waals surface area contributed by atoms with E-state index >= 15 is 0 Å². The van der Waals surface area contributed by atoms with E-state index in [-0.39, 0.29) is 17.4 Å². The number of fused-ring (bicyclic) bond motifs is 1. The second-order valence-corrected chi connectivity index (χ2v) is 9.63. The van der Waals surface area contributed by atoms with Crippen molar-refractivity contribution in [2.24, 2.45) is 0 Å². The number of aromatic nitrogens is 3. The molecule has 30 heavy (non-hydrogen) atoms. The van der Waals surface area contributed by atoms with Crippen molar-refractivity contribution in [3.63, 3.8) is 0 Å². The normalized spacial score (nSPS) is 15.2. The van der Waals surface area contributed by atoms with E-state index < -0.39 is 0 Å². The van der Waals surface area contributed by atoms with E-state index in [0.717, 1.165) is 43.5 Å². The number of carbonyl (C=O) groups excluding carboxylic acids is 2. The first-order valence-corrected chi connectivity index (χ1v) is 11.2. The predicted molar refractivity (Wildman–Crippen MR) is 119 cm³/mol. The maximum absolute atomic E-state index is 13.3. The van der Waals surface area contributed by atoms with Gasteiger partial charge in [0, 0.05) is 18.7 Å². The first kappa shape index (κ1) is 20.5. The first-order valence-electron chi connectivity index (χ1n) is 10.4. The third-order valence-corrected chi connectivity index (χ3v) is 6.18. The molecule has 1 saturated heterocycles. The lowest BCUT2D eigenvalue weighted by molar-refractivity contribution is 0.0756. The fourth-order valence-corrected chi connectivity index (χ4v) is 4.56. The summed E-state index contributed by atoms with van der Waals surface area (Å²) < 4.78 is 2.52. The smallest absolute Gasteiger partial charge is 0.275 e. The molecule has 0 aliphatic carbocycles. The van der Waals surface area contributed by atoms with Crippen LogP contribution < -0.4 is 5.32 Å². The maximum Gasteiger partial charge on any atom is 0.275 e. The average molecular weight is 426 g/mol. The van der Waals surface area contributed by atoms with Gasteiger partial charge < -0.3 is 4.90 Å². The summed E-state index contributed by atoms with van der Waals surface area (Å²) in [5.41, 5.74) is 1.29. The number of amides is 2. The largest absolute Gasteiger partial charge is 0.337 e. The Morgan fingerprint density at radius 2 is 1.70 bits per heavy atom. The van der Waals surface area contributed by atoms with Crippen LogP contribution >= 0.6 is 11.3 Å². The SMILES string of the molecule is CC(C)(C)n1nc(C(=O)N2CCCCCC2)c2sc(NC(=O)c3ccccc3)nc21. The van der Waals surface area contributed by atoms with Crippen LogP contribution in [0.2, 0.25) is 0 Å². The Kier molecular flexibility index (Phi) is 5.60. The van der Waals surface area contributed by atoms with Crippen LogP contribution in [0, 0.1) is 0 Å². The summed E-state index contributed by atoms with van der Waals surface area (Å²) in [5.74, 6) is -0.267. The zero-order valence-corrected chi connectivity index (χ0v) is 18.5. The zero-order valence-electron chi connectivity index (χ0n) is 17.6. The molecule has 3 heterocycles. The summed E-state index contributed by atoms with van der Waals surface area (Å²) in [6.07, 6.45) is 4.36. The summed E-state index contributed by atoms with van der Waals surface area (Å²) in [4.78, 5) is 32.4. The molecule has 158 valence electrons. The van der Waals surface area contributed by atoms with E-state index in [4.69, 9.17) is 0 Å². The van der Waals surface area contributed by atoms with Crippen molar-refractivity contribution < 1.29 is 9.59 Å². The highest BCUT2D eigenvalue weighted by molar-refractivity contribution is 7.22. The molecule has 2 amide bonds. The van der Waals surface area contributed by atoms with Gasteiger partial charge in [-0.25, -0.2) is 4.68 Å². The third-order valence-electron chi connectivity index (χ3n) is 5.21. The molecular weight excluding hydrogens is 398 g/mol. The molecule has 0 radical (unpaired) electrons. The minimum absolute atomic E-state index is 0.0468. The molecule has 0 unspecified atom stereocenters. The summed E-state index contributed by atoms with van der Waals surface area (Å²) in [6.45, 7) is 7.61. The van der Waals surface area contributed by atoms with Crippen LogP contribution in [-0.4, -0.2) is 44.6 Å². The zero-order chi connectivity index (χ0) is 21.3. The molecule has 0 spiro atoms. The number of benzene rings is 1. The Morgan fingerprint density at radius 1 is 1.03 bits per heavy atom. The highest BCUT2D eigenvalue weighted by atomic mass is 32.1. The van der Waals surface area contributed by atoms with E-state index in [1.165, 1.54) is 11.3 Å². The predicted octanol–water partition coefficient (Wildman–Crippen LogP) is 4.52. The minimum atomic E-state index is -0.343. The second-order valence-electron chi connectivity index (χ2n) is 8.63. The van der Waals surface area contributed by atoms with Gasteiger partial charge >= 0.3 is 0 Å². The Labute approximate surface area is 180 Å². The lowest BCUT2D eigenvalue weighted by Crippen LogP contribution is -2.32. The van der Waals surface area contributed by atoms with Crippen molar-refractivity contribution in [2.75, 3.05) is 18.4 Å². The fourth-order valence-electron chi connectivity index (χ4n) is 3.65. The summed E-state index contributed by atoms with van der Waals surface area (Å²) in [5, 5.41) is 8.01. The quantitative estimate of drug-likeness (QED) is 0.669. The van der Waals surface area contributed by atoms with Crippen molar-refractivity contribution in [1.29, 1.82) is 0 Å². The molecule has 0 atom stereocenters. The summed E-state index contributed by atoms with van der Waals surface area (Å²) in [7, 11) is 0. The van der Waals surface area contributed by atoms with Gasteiger partial charge in [0.05, 0.1) is 5.54 Å². The van der Waals surface area contributed by atoms with Crippen LogP contribution in [0.5, 0.6) is 0 Å². The lowest BCUT2D eigenvalue weighted by atomic mass is 10.1. The van der Waals surface area contributed by atoms with Crippen LogP contribution in [0.1, 0.15) is 67.3 Å². The standard InChI is InChI=1S/C22H27N5O2S/c1-22(2,3)27-18-17(16(25-27)20(29)26-13-9-4-5-10-14-26)30-21(23-18)24-19(28)15-11-7-6-8-12-15/h6-8,11-12H,4-5,9-10,13-14H2,1-3H3,(H,23,24,28). The molecule has 1 aliphatic rings. The molecule has 0 saturated carbocycles.